The Balaban J connectivity index is 2.60. The molecule has 0 saturated carbocycles. The quantitative estimate of drug-likeness (QED) is 0.829. The summed E-state index contributed by atoms with van der Waals surface area (Å²) in [5.41, 5.74) is 0.220. The number of aliphatic carboxylic acids is 1. The number of aliphatic hydroxyl groups is 1. The smallest absolute Gasteiger partial charge is 0.333 e. The second-order valence-corrected chi connectivity index (χ2v) is 4.86. The van der Waals surface area contributed by atoms with E-state index in [9.17, 15) is 14.3 Å². The molecule has 1 rings (SSSR count). The molecule has 0 fully saturated rings. The zero-order valence-corrected chi connectivity index (χ0v) is 9.98. The van der Waals surface area contributed by atoms with Crippen LogP contribution in [0.2, 0.25) is 0 Å². The number of carboxylic acid groups (broad SMARTS) is 1. The first-order valence-corrected chi connectivity index (χ1v) is 5.48. The summed E-state index contributed by atoms with van der Waals surface area (Å²) in [7, 11) is 0. The van der Waals surface area contributed by atoms with Gasteiger partial charge in [0.05, 0.1) is 0 Å². The maximum Gasteiger partial charge on any atom is 0.333 e. The highest BCUT2D eigenvalue weighted by molar-refractivity contribution is 5.72. The summed E-state index contributed by atoms with van der Waals surface area (Å²) >= 11 is 0. The molecule has 0 spiro atoms. The Morgan fingerprint density at radius 2 is 1.88 bits per heavy atom. The molecule has 17 heavy (non-hydrogen) atoms. The first-order valence-electron chi connectivity index (χ1n) is 5.48. The fourth-order valence-electron chi connectivity index (χ4n) is 1.59. The monoisotopic (exact) mass is 240 g/mol. The molecule has 1 atom stereocenters. The van der Waals surface area contributed by atoms with E-state index in [1.165, 1.54) is 12.1 Å². The van der Waals surface area contributed by atoms with Crippen molar-refractivity contribution < 1.29 is 19.4 Å². The highest BCUT2D eigenvalue weighted by atomic mass is 19.1. The number of halogens is 1. The fourth-order valence-corrected chi connectivity index (χ4v) is 1.59. The molecule has 1 aromatic rings. The van der Waals surface area contributed by atoms with Crippen molar-refractivity contribution in [3.05, 3.63) is 35.6 Å². The normalized spacial score (nSPS) is 13.4. The van der Waals surface area contributed by atoms with E-state index in [0.29, 0.717) is 12.8 Å². The molecule has 0 heterocycles. The van der Waals surface area contributed by atoms with Crippen LogP contribution in [0.25, 0.3) is 0 Å². The standard InChI is InChI=1S/C13H17FO3/c1-13(2,11(15)12(16)17)8-7-9-3-5-10(14)6-4-9/h3-6,11,15H,7-8H2,1-2H3,(H,16,17). The highest BCUT2D eigenvalue weighted by Gasteiger charge is 2.32. The molecular weight excluding hydrogens is 223 g/mol. The van der Waals surface area contributed by atoms with E-state index < -0.39 is 17.5 Å². The average Bonchev–Trinajstić information content (AvgIpc) is 2.27. The maximum absolute atomic E-state index is 12.7. The van der Waals surface area contributed by atoms with Crippen LogP contribution in [0.5, 0.6) is 0 Å². The number of benzene rings is 1. The van der Waals surface area contributed by atoms with Gasteiger partial charge < -0.3 is 10.2 Å². The Morgan fingerprint density at radius 1 is 1.35 bits per heavy atom. The van der Waals surface area contributed by atoms with Crippen molar-refractivity contribution in [3.8, 4) is 0 Å². The highest BCUT2D eigenvalue weighted by Crippen LogP contribution is 2.27. The minimum absolute atomic E-state index is 0.293. The van der Waals surface area contributed by atoms with E-state index in [1.807, 2.05) is 0 Å². The minimum Gasteiger partial charge on any atom is -0.479 e. The fraction of sp³-hybridized carbons (Fsp3) is 0.462. The van der Waals surface area contributed by atoms with E-state index in [1.54, 1.807) is 26.0 Å². The van der Waals surface area contributed by atoms with Gasteiger partial charge in [0.15, 0.2) is 6.10 Å². The van der Waals surface area contributed by atoms with Gasteiger partial charge in [0, 0.05) is 5.41 Å². The predicted molar refractivity (Wildman–Crippen MR) is 62.1 cm³/mol. The Hall–Kier alpha value is -1.42. The summed E-state index contributed by atoms with van der Waals surface area (Å²) < 4.78 is 12.7. The van der Waals surface area contributed by atoms with Gasteiger partial charge in [0.25, 0.3) is 0 Å². The summed E-state index contributed by atoms with van der Waals surface area (Å²) in [5, 5.41) is 18.3. The van der Waals surface area contributed by atoms with Gasteiger partial charge in [-0.1, -0.05) is 26.0 Å². The number of aliphatic hydroxyl groups excluding tert-OH is 1. The van der Waals surface area contributed by atoms with Gasteiger partial charge in [-0.05, 0) is 30.5 Å². The summed E-state index contributed by atoms with van der Waals surface area (Å²) in [6.07, 6.45) is -0.257. The second-order valence-electron chi connectivity index (χ2n) is 4.86. The molecule has 1 aromatic carbocycles. The Morgan fingerprint density at radius 3 is 2.35 bits per heavy atom. The van der Waals surface area contributed by atoms with Crippen molar-refractivity contribution in [1.29, 1.82) is 0 Å². The zero-order chi connectivity index (χ0) is 13.1. The second kappa shape index (κ2) is 5.27. The lowest BCUT2D eigenvalue weighted by atomic mass is 9.81. The molecule has 0 radical (unpaired) electrons. The van der Waals surface area contributed by atoms with Crippen molar-refractivity contribution >= 4 is 5.97 Å². The van der Waals surface area contributed by atoms with Gasteiger partial charge in [-0.15, -0.1) is 0 Å². The van der Waals surface area contributed by atoms with Crippen LogP contribution in [-0.2, 0) is 11.2 Å². The summed E-state index contributed by atoms with van der Waals surface area (Å²) in [6.45, 7) is 3.41. The molecular formula is C13H17FO3. The third-order valence-corrected chi connectivity index (χ3v) is 2.95. The zero-order valence-electron chi connectivity index (χ0n) is 9.98. The first kappa shape index (κ1) is 13.6. The van der Waals surface area contributed by atoms with Crippen molar-refractivity contribution in [1.82, 2.24) is 0 Å². The lowest BCUT2D eigenvalue weighted by Crippen LogP contribution is -2.36. The number of aryl methyl sites for hydroxylation is 1. The third-order valence-electron chi connectivity index (χ3n) is 2.95. The molecule has 0 aliphatic heterocycles. The first-order chi connectivity index (χ1) is 7.83. The van der Waals surface area contributed by atoms with Crippen LogP contribution in [0.15, 0.2) is 24.3 Å². The van der Waals surface area contributed by atoms with E-state index >= 15 is 0 Å². The molecule has 0 aromatic heterocycles. The van der Waals surface area contributed by atoms with Gasteiger partial charge in [-0.25, -0.2) is 9.18 Å². The topological polar surface area (TPSA) is 57.5 Å². The average molecular weight is 240 g/mol. The molecule has 0 bridgehead atoms. The SMILES string of the molecule is CC(C)(CCc1ccc(F)cc1)C(O)C(=O)O. The van der Waals surface area contributed by atoms with Crippen LogP contribution < -0.4 is 0 Å². The number of hydrogen-bond acceptors (Lipinski definition) is 2. The van der Waals surface area contributed by atoms with E-state index in [4.69, 9.17) is 5.11 Å². The third kappa shape index (κ3) is 3.82. The van der Waals surface area contributed by atoms with Crippen LogP contribution in [0.4, 0.5) is 4.39 Å². The minimum atomic E-state index is -1.39. The molecule has 4 heteroatoms. The Kier molecular flexibility index (Phi) is 4.23. The van der Waals surface area contributed by atoms with Crippen LogP contribution in [0.1, 0.15) is 25.8 Å². The number of carbonyl (C=O) groups is 1. The van der Waals surface area contributed by atoms with Crippen molar-refractivity contribution in [2.24, 2.45) is 5.41 Å². The molecule has 94 valence electrons. The van der Waals surface area contributed by atoms with Crippen molar-refractivity contribution in [3.63, 3.8) is 0 Å². The van der Waals surface area contributed by atoms with E-state index in [0.717, 1.165) is 5.56 Å². The van der Waals surface area contributed by atoms with Crippen LogP contribution in [0.3, 0.4) is 0 Å². The van der Waals surface area contributed by atoms with Crippen LogP contribution in [-0.4, -0.2) is 22.3 Å². The Labute approximate surface area is 99.9 Å². The largest absolute Gasteiger partial charge is 0.479 e. The molecule has 0 saturated heterocycles. The molecule has 0 amide bonds. The summed E-state index contributed by atoms with van der Waals surface area (Å²) in [5.74, 6) is -1.51. The van der Waals surface area contributed by atoms with Gasteiger partial charge >= 0.3 is 5.97 Å². The summed E-state index contributed by atoms with van der Waals surface area (Å²) in [4.78, 5) is 10.7. The molecule has 2 N–H and O–H groups in total. The number of hydrogen-bond donors (Lipinski definition) is 2. The van der Waals surface area contributed by atoms with Crippen molar-refractivity contribution in [2.45, 2.75) is 32.8 Å². The number of carboxylic acids is 1. The molecule has 0 aliphatic carbocycles. The summed E-state index contributed by atoms with van der Waals surface area (Å²) in [6, 6.07) is 6.07. The molecule has 0 aliphatic rings. The predicted octanol–water partition coefficient (Wildman–Crippen LogP) is 2.23. The lowest BCUT2D eigenvalue weighted by Gasteiger charge is -2.27. The Bertz CT molecular complexity index is 384. The lowest BCUT2D eigenvalue weighted by molar-refractivity contribution is -0.153. The van der Waals surface area contributed by atoms with E-state index in [-0.39, 0.29) is 5.82 Å². The van der Waals surface area contributed by atoms with Gasteiger partial charge in [0.1, 0.15) is 5.82 Å². The van der Waals surface area contributed by atoms with Crippen LogP contribution in [0, 0.1) is 11.2 Å². The van der Waals surface area contributed by atoms with Gasteiger partial charge in [0.2, 0.25) is 0 Å². The van der Waals surface area contributed by atoms with Crippen molar-refractivity contribution in [2.75, 3.05) is 0 Å². The maximum atomic E-state index is 12.7. The van der Waals surface area contributed by atoms with Gasteiger partial charge in [-0.2, -0.15) is 0 Å². The van der Waals surface area contributed by atoms with Gasteiger partial charge in [-0.3, -0.25) is 0 Å². The number of rotatable bonds is 5. The van der Waals surface area contributed by atoms with E-state index in [2.05, 4.69) is 0 Å². The molecule has 1 unspecified atom stereocenters. The van der Waals surface area contributed by atoms with Crippen LogP contribution >= 0.6 is 0 Å². The molecule has 3 nitrogen and oxygen atoms in total.